The zero-order chi connectivity index (χ0) is 25.1. The largest absolute Gasteiger partial charge is 0.508 e. The van der Waals surface area contributed by atoms with Crippen LogP contribution in [0.2, 0.25) is 0 Å². The van der Waals surface area contributed by atoms with Gasteiger partial charge in [-0.1, -0.05) is 54.6 Å². The number of amides is 1. The van der Waals surface area contributed by atoms with E-state index in [0.29, 0.717) is 24.1 Å². The number of nitrogens with one attached hydrogen (secondary N) is 1. The summed E-state index contributed by atoms with van der Waals surface area (Å²) in [6.45, 7) is 1.65. The molecule has 2 heterocycles. The van der Waals surface area contributed by atoms with E-state index in [-0.39, 0.29) is 23.2 Å². The normalized spacial score (nSPS) is 26.9. The third-order valence-electron chi connectivity index (χ3n) is 9.22. The summed E-state index contributed by atoms with van der Waals surface area (Å²) in [4.78, 5) is 15.9. The van der Waals surface area contributed by atoms with Gasteiger partial charge in [0, 0.05) is 35.9 Å². The van der Waals surface area contributed by atoms with Gasteiger partial charge in [0.1, 0.15) is 17.6 Å². The molecule has 2 bridgehead atoms. The fraction of sp³-hybridized carbons (Fsp3) is 0.344. The number of nitrogens with zero attached hydrogens (tertiary/aromatic N) is 1. The minimum absolute atomic E-state index is 0.0182. The van der Waals surface area contributed by atoms with Gasteiger partial charge in [-0.2, -0.15) is 0 Å². The molecule has 2 aliphatic carbocycles. The molecule has 2 aliphatic heterocycles. The topological polar surface area (TPSA) is 61.8 Å². The van der Waals surface area contributed by atoms with Gasteiger partial charge in [-0.15, -0.1) is 0 Å². The molecule has 4 atom stereocenters. The Morgan fingerprint density at radius 1 is 1.08 bits per heavy atom. The molecular formula is C32H32N2O3. The highest BCUT2D eigenvalue weighted by molar-refractivity contribution is 5.98. The average Bonchev–Trinajstić information content (AvgIpc) is 3.26. The van der Waals surface area contributed by atoms with Crippen molar-refractivity contribution in [3.63, 3.8) is 0 Å². The van der Waals surface area contributed by atoms with Crippen LogP contribution in [0.15, 0.2) is 72.8 Å². The Morgan fingerprint density at radius 2 is 1.84 bits per heavy atom. The third kappa shape index (κ3) is 3.44. The number of likely N-dealkylation sites (tertiary alicyclic amines) is 1. The van der Waals surface area contributed by atoms with Gasteiger partial charge in [0.15, 0.2) is 0 Å². The molecule has 1 spiro atoms. The van der Waals surface area contributed by atoms with Crippen LogP contribution in [0.5, 0.6) is 11.5 Å². The highest BCUT2D eigenvalue weighted by atomic mass is 16.5. The van der Waals surface area contributed by atoms with Crippen LogP contribution >= 0.6 is 0 Å². The van der Waals surface area contributed by atoms with Crippen LogP contribution in [0.4, 0.5) is 0 Å². The van der Waals surface area contributed by atoms with E-state index in [1.54, 1.807) is 12.1 Å². The molecule has 1 saturated heterocycles. The van der Waals surface area contributed by atoms with Crippen molar-refractivity contribution in [1.29, 1.82) is 0 Å². The predicted molar refractivity (Wildman–Crippen MR) is 144 cm³/mol. The Morgan fingerprint density at radius 3 is 2.62 bits per heavy atom. The molecular weight excluding hydrogens is 460 g/mol. The summed E-state index contributed by atoms with van der Waals surface area (Å²) in [5.74, 6) is 1.52. The highest BCUT2D eigenvalue weighted by Crippen LogP contribution is 2.61. The van der Waals surface area contributed by atoms with E-state index >= 15 is 0 Å². The van der Waals surface area contributed by atoms with Crippen LogP contribution in [0.25, 0.3) is 11.1 Å². The minimum atomic E-state index is -0.0480. The van der Waals surface area contributed by atoms with Crippen molar-refractivity contribution in [3.8, 4) is 22.6 Å². The summed E-state index contributed by atoms with van der Waals surface area (Å²) in [5, 5.41) is 12.7. The van der Waals surface area contributed by atoms with E-state index in [1.807, 2.05) is 18.2 Å². The van der Waals surface area contributed by atoms with Gasteiger partial charge in [-0.25, -0.2) is 0 Å². The van der Waals surface area contributed by atoms with Crippen LogP contribution in [0.3, 0.4) is 0 Å². The van der Waals surface area contributed by atoms with E-state index in [4.69, 9.17) is 4.74 Å². The first-order valence-corrected chi connectivity index (χ1v) is 13.4. The number of piperidine rings is 1. The van der Waals surface area contributed by atoms with Crippen molar-refractivity contribution < 1.29 is 14.6 Å². The van der Waals surface area contributed by atoms with Crippen molar-refractivity contribution in [3.05, 3.63) is 95.1 Å². The Hall–Kier alpha value is -3.57. The van der Waals surface area contributed by atoms with Crippen molar-refractivity contribution in [2.75, 3.05) is 20.1 Å². The summed E-state index contributed by atoms with van der Waals surface area (Å²) in [5.41, 5.74) is 6.74. The van der Waals surface area contributed by atoms with Crippen molar-refractivity contribution in [2.45, 2.75) is 43.2 Å². The first-order valence-electron chi connectivity index (χ1n) is 13.4. The van der Waals surface area contributed by atoms with Gasteiger partial charge in [-0.3, -0.25) is 4.79 Å². The van der Waals surface area contributed by atoms with Gasteiger partial charge in [0.2, 0.25) is 0 Å². The zero-order valence-corrected chi connectivity index (χ0v) is 21.1. The average molecular weight is 493 g/mol. The third-order valence-corrected chi connectivity index (χ3v) is 9.22. The molecule has 0 radical (unpaired) electrons. The molecule has 5 heteroatoms. The van der Waals surface area contributed by atoms with Gasteiger partial charge < -0.3 is 20.1 Å². The smallest absolute Gasteiger partial charge is 0.255 e. The monoisotopic (exact) mass is 492 g/mol. The number of aromatic hydroxyl groups is 1. The SMILES string of the molecule is CN1CC[C@]23c4c5ccc(C(=O)NCCc6ccc(-c7ccc(O)cc7)cc6)c4O[C@@H]2CC=C[C@H]3[C@H]1C5. The second-order valence-corrected chi connectivity index (χ2v) is 11.1. The Labute approximate surface area is 217 Å². The number of likely N-dealkylation sites (N-methyl/N-ethyl adjacent to an activating group) is 1. The van der Waals surface area contributed by atoms with E-state index in [2.05, 4.69) is 59.7 Å². The summed E-state index contributed by atoms with van der Waals surface area (Å²) >= 11 is 0. The van der Waals surface area contributed by atoms with Crippen molar-refractivity contribution in [2.24, 2.45) is 5.92 Å². The lowest BCUT2D eigenvalue weighted by Crippen LogP contribution is -2.62. The fourth-order valence-corrected chi connectivity index (χ4v) is 7.34. The highest BCUT2D eigenvalue weighted by Gasteiger charge is 2.62. The predicted octanol–water partition coefficient (Wildman–Crippen LogP) is 4.87. The summed E-state index contributed by atoms with van der Waals surface area (Å²) < 4.78 is 6.65. The molecule has 0 unspecified atom stereocenters. The van der Waals surface area contributed by atoms with Gasteiger partial charge in [0.05, 0.1) is 5.56 Å². The van der Waals surface area contributed by atoms with Crippen molar-refractivity contribution >= 4 is 5.91 Å². The number of rotatable bonds is 5. The molecule has 1 amide bonds. The van der Waals surface area contributed by atoms with Crippen LogP contribution in [-0.4, -0.2) is 48.2 Å². The van der Waals surface area contributed by atoms with Crippen LogP contribution in [0, 0.1) is 5.92 Å². The van der Waals surface area contributed by atoms with Gasteiger partial charge >= 0.3 is 0 Å². The zero-order valence-electron chi connectivity index (χ0n) is 21.1. The Balaban J connectivity index is 1.08. The molecule has 3 aromatic rings. The summed E-state index contributed by atoms with van der Waals surface area (Å²) in [6, 6.07) is 20.3. The number of hydrogen-bond donors (Lipinski definition) is 2. The second-order valence-electron chi connectivity index (χ2n) is 11.1. The summed E-state index contributed by atoms with van der Waals surface area (Å²) in [6.07, 6.45) is 8.64. The van der Waals surface area contributed by atoms with E-state index in [1.165, 1.54) is 16.7 Å². The lowest BCUT2D eigenvalue weighted by molar-refractivity contribution is 0.00213. The maximum Gasteiger partial charge on any atom is 0.255 e. The number of phenolic OH excluding ortho intramolecular Hbond substituents is 1. The van der Waals surface area contributed by atoms with Gasteiger partial charge in [0.25, 0.3) is 5.91 Å². The second kappa shape index (κ2) is 8.49. The van der Waals surface area contributed by atoms with Crippen LogP contribution in [0.1, 0.15) is 39.9 Å². The molecule has 0 aromatic heterocycles. The maximum atomic E-state index is 13.4. The number of phenols is 1. The van der Waals surface area contributed by atoms with Crippen molar-refractivity contribution in [1.82, 2.24) is 10.2 Å². The van der Waals surface area contributed by atoms with E-state index in [0.717, 1.165) is 49.1 Å². The number of ether oxygens (including phenoxy) is 1. The molecule has 4 aliphatic rings. The number of carbonyl (C=O) groups excluding carboxylic acids is 1. The first-order chi connectivity index (χ1) is 18.0. The molecule has 37 heavy (non-hydrogen) atoms. The summed E-state index contributed by atoms with van der Waals surface area (Å²) in [7, 11) is 2.25. The van der Waals surface area contributed by atoms with Crippen LogP contribution in [-0.2, 0) is 18.3 Å². The first kappa shape index (κ1) is 22.6. The molecule has 7 rings (SSSR count). The number of carbonyl (C=O) groups is 1. The molecule has 3 aromatic carbocycles. The Bertz CT molecular complexity index is 1390. The minimum Gasteiger partial charge on any atom is -0.508 e. The molecule has 1 fully saturated rings. The number of hydrogen-bond acceptors (Lipinski definition) is 4. The molecule has 188 valence electrons. The van der Waals surface area contributed by atoms with Crippen LogP contribution < -0.4 is 10.1 Å². The quantitative estimate of drug-likeness (QED) is 0.499. The van der Waals surface area contributed by atoms with E-state index < -0.39 is 0 Å². The lowest BCUT2D eigenvalue weighted by atomic mass is 9.53. The van der Waals surface area contributed by atoms with E-state index in [9.17, 15) is 9.90 Å². The van der Waals surface area contributed by atoms with Gasteiger partial charge in [-0.05, 0) is 73.3 Å². The number of benzene rings is 3. The molecule has 5 nitrogen and oxygen atoms in total. The maximum absolute atomic E-state index is 13.4. The fourth-order valence-electron chi connectivity index (χ4n) is 7.34. The molecule has 2 N–H and O–H groups in total. The molecule has 0 saturated carbocycles. The lowest BCUT2D eigenvalue weighted by Gasteiger charge is -2.55. The standard InChI is InChI=1S/C32H32N2O3/c1-34-18-16-32-26-3-2-4-28(32)37-30-25(14-11-23(29(30)32)19-27(26)34)31(36)33-17-15-20-5-7-21(8-6-20)22-9-12-24(35)13-10-22/h2-3,5-14,26-28,35H,4,15-19H2,1H3,(H,33,36)/t26-,27+,28+,32+/m0/s1. The Kier molecular flexibility index (Phi) is 5.19.